The summed E-state index contributed by atoms with van der Waals surface area (Å²) >= 11 is 8.94. The minimum atomic E-state index is -0.471. The fourth-order valence-corrected chi connectivity index (χ4v) is 3.21. The summed E-state index contributed by atoms with van der Waals surface area (Å²) in [5.41, 5.74) is 2.46. The molecule has 2 aromatic carbocycles. The summed E-state index contributed by atoms with van der Waals surface area (Å²) in [4.78, 5) is 12.3. The molecule has 0 saturated heterocycles. The van der Waals surface area contributed by atoms with Crippen LogP contribution in [0.15, 0.2) is 56.1 Å². The van der Waals surface area contributed by atoms with E-state index in [0.717, 1.165) is 22.0 Å². The first kappa shape index (κ1) is 16.1. The molecule has 0 saturated carbocycles. The van der Waals surface area contributed by atoms with Crippen molar-refractivity contribution in [1.29, 1.82) is 0 Å². The fourth-order valence-electron chi connectivity index (χ4n) is 2.51. The Kier molecular flexibility index (Phi) is 4.50. The van der Waals surface area contributed by atoms with E-state index in [-0.39, 0.29) is 0 Å². The van der Waals surface area contributed by atoms with E-state index in [2.05, 4.69) is 29.8 Å². The third-order valence-corrected chi connectivity index (χ3v) is 4.98. The molecule has 3 nitrogen and oxygen atoms in total. The Bertz CT molecular complexity index is 973. The lowest BCUT2D eigenvalue weighted by Crippen LogP contribution is -2.18. The third-order valence-electron chi connectivity index (χ3n) is 4.09. The molecule has 1 atom stereocenters. The van der Waals surface area contributed by atoms with Crippen molar-refractivity contribution >= 4 is 39.1 Å². The Morgan fingerprint density at radius 3 is 2.57 bits per heavy atom. The number of aromatic nitrogens is 1. The Morgan fingerprint density at radius 2 is 1.91 bits per heavy atom. The van der Waals surface area contributed by atoms with Gasteiger partial charge in [0.05, 0.1) is 11.1 Å². The second-order valence-electron chi connectivity index (χ2n) is 5.55. The Labute approximate surface area is 147 Å². The van der Waals surface area contributed by atoms with E-state index in [1.165, 1.54) is 10.1 Å². The van der Waals surface area contributed by atoms with Crippen LogP contribution in [0.25, 0.3) is 16.7 Å². The molecule has 0 N–H and O–H groups in total. The van der Waals surface area contributed by atoms with E-state index in [9.17, 15) is 4.79 Å². The minimum Gasteiger partial charge on any atom is -0.409 e. The van der Waals surface area contributed by atoms with Crippen LogP contribution in [0.5, 0.6) is 0 Å². The van der Waals surface area contributed by atoms with Gasteiger partial charge < -0.3 is 4.42 Å². The number of hydrogen-bond acceptors (Lipinski definition) is 3. The van der Waals surface area contributed by atoms with Gasteiger partial charge in [0.25, 0.3) is 0 Å². The van der Waals surface area contributed by atoms with E-state index in [1.54, 1.807) is 6.07 Å². The molecule has 3 aromatic rings. The number of halogens is 1. The van der Waals surface area contributed by atoms with E-state index in [1.807, 2.05) is 36.4 Å². The van der Waals surface area contributed by atoms with E-state index >= 15 is 0 Å². The molecule has 0 aliphatic heterocycles. The molecule has 0 aliphatic carbocycles. The third kappa shape index (κ3) is 3.03. The Hall–Kier alpha value is -1.72. The second kappa shape index (κ2) is 6.42. The van der Waals surface area contributed by atoms with Crippen molar-refractivity contribution in [3.63, 3.8) is 0 Å². The number of benzene rings is 2. The van der Waals surface area contributed by atoms with E-state index < -0.39 is 5.76 Å². The van der Waals surface area contributed by atoms with Gasteiger partial charge in [-0.25, -0.2) is 9.36 Å². The maximum atomic E-state index is 12.3. The molecular weight excluding hydrogens is 374 g/mol. The predicted octanol–water partition coefficient (Wildman–Crippen LogP) is 5.59. The van der Waals surface area contributed by atoms with Crippen LogP contribution >= 0.6 is 28.1 Å². The molecular formula is C18H16BrNO2S. The van der Waals surface area contributed by atoms with Gasteiger partial charge in [0.1, 0.15) is 10.2 Å². The summed E-state index contributed by atoms with van der Waals surface area (Å²) in [5, 5.41) is 0.736. The van der Waals surface area contributed by atoms with Crippen molar-refractivity contribution in [3.05, 3.63) is 67.7 Å². The van der Waals surface area contributed by atoms with Crippen molar-refractivity contribution in [1.82, 2.24) is 4.57 Å². The molecule has 0 bridgehead atoms. The maximum Gasteiger partial charge on any atom is 0.425 e. The first-order valence-corrected chi connectivity index (χ1v) is 8.67. The molecule has 118 valence electrons. The largest absolute Gasteiger partial charge is 0.425 e. The number of fused-ring (bicyclic) bond motifs is 1. The fraction of sp³-hybridized carbons (Fsp3) is 0.222. The van der Waals surface area contributed by atoms with Crippen LogP contribution in [0.2, 0.25) is 0 Å². The van der Waals surface area contributed by atoms with Crippen molar-refractivity contribution in [2.75, 3.05) is 0 Å². The topological polar surface area (TPSA) is 35.1 Å². The zero-order chi connectivity index (χ0) is 16.6. The second-order valence-corrected chi connectivity index (χ2v) is 6.85. The first-order chi connectivity index (χ1) is 11.0. The zero-order valence-corrected chi connectivity index (χ0v) is 15.3. The van der Waals surface area contributed by atoms with Crippen LogP contribution in [-0.4, -0.2) is 4.57 Å². The summed E-state index contributed by atoms with van der Waals surface area (Å²) in [6, 6.07) is 13.3. The number of nitrogens with zero attached hydrogens (tertiary/aromatic N) is 1. The van der Waals surface area contributed by atoms with Gasteiger partial charge in [-0.15, -0.1) is 0 Å². The standard InChI is InChI=1S/C18H16BrNO2S/c1-3-11(2)12-4-7-14(8-5-12)20-17(23)15-10-13(19)6-9-16(15)22-18(20)21/h4-11H,3H2,1-2H3. The summed E-state index contributed by atoms with van der Waals surface area (Å²) in [6.45, 7) is 4.34. The van der Waals surface area contributed by atoms with E-state index in [4.69, 9.17) is 16.6 Å². The summed E-state index contributed by atoms with van der Waals surface area (Å²) in [6.07, 6.45) is 1.07. The van der Waals surface area contributed by atoms with Crippen LogP contribution < -0.4 is 5.76 Å². The lowest BCUT2D eigenvalue weighted by molar-refractivity contribution is 0.507. The molecule has 0 spiro atoms. The molecule has 0 radical (unpaired) electrons. The predicted molar refractivity (Wildman–Crippen MR) is 99.1 cm³/mol. The average Bonchev–Trinajstić information content (AvgIpc) is 2.55. The van der Waals surface area contributed by atoms with Gasteiger partial charge in [0, 0.05) is 4.47 Å². The SMILES string of the molecule is CCC(C)c1ccc(-n2c(=O)oc3ccc(Br)cc3c2=S)cc1. The van der Waals surface area contributed by atoms with Crippen LogP contribution in [0.1, 0.15) is 31.7 Å². The number of rotatable bonds is 3. The quantitative estimate of drug-likeness (QED) is 0.547. The smallest absolute Gasteiger partial charge is 0.409 e. The van der Waals surface area contributed by atoms with Gasteiger partial charge in [-0.1, -0.05) is 54.1 Å². The molecule has 5 heteroatoms. The van der Waals surface area contributed by atoms with E-state index in [0.29, 0.717) is 16.1 Å². The Morgan fingerprint density at radius 1 is 1.22 bits per heavy atom. The zero-order valence-electron chi connectivity index (χ0n) is 12.9. The summed E-state index contributed by atoms with van der Waals surface area (Å²) < 4.78 is 8.18. The van der Waals surface area contributed by atoms with Gasteiger partial charge in [-0.05, 0) is 48.2 Å². The molecule has 1 unspecified atom stereocenters. The lowest BCUT2D eigenvalue weighted by atomic mass is 9.99. The molecule has 1 heterocycles. The van der Waals surface area contributed by atoms with Crippen LogP contribution in [0, 0.1) is 4.64 Å². The molecule has 0 aliphatic rings. The van der Waals surface area contributed by atoms with Crippen LogP contribution in [0.3, 0.4) is 0 Å². The summed E-state index contributed by atoms with van der Waals surface area (Å²) in [5.74, 6) is 0.0158. The van der Waals surface area contributed by atoms with Gasteiger partial charge >= 0.3 is 5.76 Å². The normalized spacial score (nSPS) is 12.5. The average molecular weight is 390 g/mol. The molecule has 23 heavy (non-hydrogen) atoms. The molecule has 1 aromatic heterocycles. The van der Waals surface area contributed by atoms with Gasteiger partial charge in [0.15, 0.2) is 0 Å². The highest BCUT2D eigenvalue weighted by Gasteiger charge is 2.10. The van der Waals surface area contributed by atoms with Crippen molar-refractivity contribution in [3.8, 4) is 5.69 Å². The highest BCUT2D eigenvalue weighted by Crippen LogP contribution is 2.23. The number of hydrogen-bond donors (Lipinski definition) is 0. The first-order valence-electron chi connectivity index (χ1n) is 7.47. The van der Waals surface area contributed by atoms with Crippen molar-refractivity contribution < 1.29 is 4.42 Å². The monoisotopic (exact) mass is 389 g/mol. The van der Waals surface area contributed by atoms with Gasteiger partial charge in [0.2, 0.25) is 0 Å². The lowest BCUT2D eigenvalue weighted by Gasteiger charge is -2.11. The van der Waals surface area contributed by atoms with Crippen molar-refractivity contribution in [2.45, 2.75) is 26.2 Å². The highest BCUT2D eigenvalue weighted by atomic mass is 79.9. The van der Waals surface area contributed by atoms with Crippen molar-refractivity contribution in [2.24, 2.45) is 0 Å². The summed E-state index contributed by atoms with van der Waals surface area (Å²) in [7, 11) is 0. The minimum absolute atomic E-state index is 0.453. The molecule has 0 fully saturated rings. The van der Waals surface area contributed by atoms with Gasteiger partial charge in [-0.3, -0.25) is 0 Å². The maximum absolute atomic E-state index is 12.3. The molecule has 0 amide bonds. The van der Waals surface area contributed by atoms with Gasteiger partial charge in [-0.2, -0.15) is 0 Å². The van der Waals surface area contributed by atoms with Crippen LogP contribution in [0.4, 0.5) is 0 Å². The van der Waals surface area contributed by atoms with Crippen LogP contribution in [-0.2, 0) is 0 Å². The Balaban J connectivity index is 2.20. The highest BCUT2D eigenvalue weighted by molar-refractivity contribution is 9.10. The molecule has 3 rings (SSSR count).